The molecular weight excluding hydrogens is 501 g/mol. The van der Waals surface area contributed by atoms with E-state index in [0.29, 0.717) is 12.8 Å². The third-order valence-corrected chi connectivity index (χ3v) is 8.82. The van der Waals surface area contributed by atoms with Crippen molar-refractivity contribution in [2.24, 2.45) is 5.14 Å². The lowest BCUT2D eigenvalue weighted by Crippen LogP contribution is -2.46. The SMILES string of the molecule is NS(=O)(=O)c1ccc(N2C(=O)CC(N(C3CC3)S(=O)(=O)c3cc(Cl)ccc3Cl)C2=O)cc1. The van der Waals surface area contributed by atoms with Crippen molar-refractivity contribution in [3.8, 4) is 0 Å². The molecule has 1 saturated heterocycles. The molecule has 2 aromatic carbocycles. The van der Waals surface area contributed by atoms with E-state index in [0.717, 1.165) is 9.21 Å². The van der Waals surface area contributed by atoms with E-state index in [1.165, 1.54) is 42.5 Å². The summed E-state index contributed by atoms with van der Waals surface area (Å²) in [5, 5.41) is 5.19. The first-order valence-corrected chi connectivity index (χ1v) is 13.1. The normalized spacial score (nSPS) is 19.8. The molecule has 2 amide bonds. The van der Waals surface area contributed by atoms with Gasteiger partial charge in [0.25, 0.3) is 5.91 Å². The lowest BCUT2D eigenvalue weighted by atomic mass is 10.2. The molecule has 4 rings (SSSR count). The highest BCUT2D eigenvalue weighted by Gasteiger charge is 2.52. The fraction of sp³-hybridized carbons (Fsp3) is 0.263. The number of rotatable bonds is 6. The summed E-state index contributed by atoms with van der Waals surface area (Å²) in [7, 11) is -8.20. The van der Waals surface area contributed by atoms with Crippen LogP contribution in [0.1, 0.15) is 19.3 Å². The molecule has 1 heterocycles. The van der Waals surface area contributed by atoms with Crippen LogP contribution in [-0.4, -0.2) is 45.0 Å². The van der Waals surface area contributed by atoms with E-state index in [9.17, 15) is 26.4 Å². The van der Waals surface area contributed by atoms with E-state index >= 15 is 0 Å². The zero-order valence-corrected chi connectivity index (χ0v) is 19.5. The van der Waals surface area contributed by atoms with Gasteiger partial charge >= 0.3 is 0 Å². The molecule has 13 heteroatoms. The van der Waals surface area contributed by atoms with Crippen LogP contribution in [0.5, 0.6) is 0 Å². The van der Waals surface area contributed by atoms with Crippen molar-refractivity contribution in [2.75, 3.05) is 4.90 Å². The number of imide groups is 1. The molecule has 0 radical (unpaired) electrons. The molecule has 2 fully saturated rings. The molecule has 1 unspecified atom stereocenters. The van der Waals surface area contributed by atoms with Crippen LogP contribution in [0.3, 0.4) is 0 Å². The minimum absolute atomic E-state index is 0.0488. The van der Waals surface area contributed by atoms with Gasteiger partial charge in [-0.25, -0.2) is 26.9 Å². The minimum Gasteiger partial charge on any atom is -0.274 e. The number of hydrogen-bond acceptors (Lipinski definition) is 6. The predicted molar refractivity (Wildman–Crippen MR) is 117 cm³/mol. The van der Waals surface area contributed by atoms with Gasteiger partial charge in [0.15, 0.2) is 0 Å². The average Bonchev–Trinajstić information content (AvgIpc) is 3.49. The summed E-state index contributed by atoms with van der Waals surface area (Å²) in [6, 6.07) is 7.17. The van der Waals surface area contributed by atoms with Gasteiger partial charge in [-0.2, -0.15) is 4.31 Å². The first kappa shape index (κ1) is 23.1. The lowest BCUT2D eigenvalue weighted by Gasteiger charge is -2.27. The maximum atomic E-state index is 13.4. The zero-order chi connectivity index (χ0) is 23.4. The van der Waals surface area contributed by atoms with Gasteiger partial charge in [-0.1, -0.05) is 23.2 Å². The molecule has 1 atom stereocenters. The van der Waals surface area contributed by atoms with E-state index < -0.39 is 43.9 Å². The van der Waals surface area contributed by atoms with E-state index in [4.69, 9.17) is 28.3 Å². The van der Waals surface area contributed by atoms with Gasteiger partial charge < -0.3 is 0 Å². The number of anilines is 1. The second-order valence-corrected chi connectivity index (χ2v) is 11.7. The summed E-state index contributed by atoms with van der Waals surface area (Å²) in [6.07, 6.45) is 0.723. The van der Waals surface area contributed by atoms with Gasteiger partial charge in [0.2, 0.25) is 26.0 Å². The molecule has 1 aliphatic heterocycles. The predicted octanol–water partition coefficient (Wildman–Crippen LogP) is 2.13. The molecule has 2 aromatic rings. The Hall–Kier alpha value is -2.02. The molecule has 0 bridgehead atoms. The number of halogens is 2. The molecule has 1 aliphatic carbocycles. The Kier molecular flexibility index (Phi) is 5.85. The van der Waals surface area contributed by atoms with Gasteiger partial charge in [0, 0.05) is 11.1 Å². The minimum atomic E-state index is -4.24. The van der Waals surface area contributed by atoms with Gasteiger partial charge in [-0.3, -0.25) is 9.59 Å². The van der Waals surface area contributed by atoms with Crippen LogP contribution in [0.25, 0.3) is 0 Å². The van der Waals surface area contributed by atoms with E-state index in [1.807, 2.05) is 0 Å². The first-order valence-electron chi connectivity index (χ1n) is 9.39. The number of primary sulfonamides is 1. The van der Waals surface area contributed by atoms with Crippen LogP contribution in [0.4, 0.5) is 5.69 Å². The van der Waals surface area contributed by atoms with Crippen molar-refractivity contribution in [2.45, 2.75) is 41.1 Å². The van der Waals surface area contributed by atoms with Crippen molar-refractivity contribution >= 4 is 60.8 Å². The number of hydrogen-bond donors (Lipinski definition) is 1. The summed E-state index contributed by atoms with van der Waals surface area (Å²) in [5.41, 5.74) is 0.115. The number of nitrogens with zero attached hydrogens (tertiary/aromatic N) is 2. The first-order chi connectivity index (χ1) is 14.9. The van der Waals surface area contributed by atoms with Crippen LogP contribution in [0.2, 0.25) is 10.0 Å². The molecule has 1 saturated carbocycles. The van der Waals surface area contributed by atoms with E-state index in [2.05, 4.69) is 0 Å². The monoisotopic (exact) mass is 517 g/mol. The van der Waals surface area contributed by atoms with E-state index in [1.54, 1.807) is 0 Å². The second-order valence-electron chi connectivity index (χ2n) is 7.47. The molecule has 0 aromatic heterocycles. The van der Waals surface area contributed by atoms with Crippen LogP contribution in [-0.2, 0) is 29.6 Å². The van der Waals surface area contributed by atoms with Gasteiger partial charge in [0.1, 0.15) is 10.9 Å². The van der Waals surface area contributed by atoms with Crippen molar-refractivity contribution in [3.05, 3.63) is 52.5 Å². The Morgan fingerprint density at radius 2 is 1.59 bits per heavy atom. The fourth-order valence-electron chi connectivity index (χ4n) is 3.61. The molecule has 32 heavy (non-hydrogen) atoms. The van der Waals surface area contributed by atoms with Gasteiger partial charge in [0.05, 0.1) is 22.0 Å². The van der Waals surface area contributed by atoms with Gasteiger partial charge in [-0.15, -0.1) is 0 Å². The molecule has 170 valence electrons. The van der Waals surface area contributed by atoms with Crippen molar-refractivity contribution in [1.82, 2.24) is 4.31 Å². The Labute approximate surface area is 194 Å². The largest absolute Gasteiger partial charge is 0.274 e. The third-order valence-electron chi connectivity index (χ3n) is 5.21. The highest BCUT2D eigenvalue weighted by molar-refractivity contribution is 7.89. The Morgan fingerprint density at radius 3 is 2.16 bits per heavy atom. The molecule has 2 N–H and O–H groups in total. The highest BCUT2D eigenvalue weighted by Crippen LogP contribution is 2.40. The van der Waals surface area contributed by atoms with Gasteiger partial charge in [-0.05, 0) is 55.3 Å². The number of amides is 2. The maximum absolute atomic E-state index is 13.4. The molecule has 2 aliphatic rings. The van der Waals surface area contributed by atoms with Crippen molar-refractivity contribution < 1.29 is 26.4 Å². The Balaban J connectivity index is 1.70. The lowest BCUT2D eigenvalue weighted by molar-refractivity contribution is -0.122. The van der Waals surface area contributed by atoms with E-state index in [-0.39, 0.29) is 31.9 Å². The number of sulfonamides is 2. The van der Waals surface area contributed by atoms with Crippen molar-refractivity contribution in [3.63, 3.8) is 0 Å². The summed E-state index contributed by atoms with van der Waals surface area (Å²) in [6.45, 7) is 0. The van der Waals surface area contributed by atoms with Crippen LogP contribution in [0.15, 0.2) is 52.3 Å². The smallest absolute Gasteiger partial charge is 0.252 e. The second kappa shape index (κ2) is 8.08. The molecular formula is C19H17Cl2N3O6S2. The quantitative estimate of drug-likeness (QED) is 0.583. The number of carbonyl (C=O) groups is 2. The topological polar surface area (TPSA) is 135 Å². The summed E-state index contributed by atoms with van der Waals surface area (Å²) in [5.74, 6) is -1.34. The molecule has 9 nitrogen and oxygen atoms in total. The van der Waals surface area contributed by atoms with Crippen LogP contribution in [0, 0.1) is 0 Å². The zero-order valence-electron chi connectivity index (χ0n) is 16.3. The van der Waals surface area contributed by atoms with Crippen molar-refractivity contribution in [1.29, 1.82) is 0 Å². The fourth-order valence-corrected chi connectivity index (χ4v) is 6.69. The Morgan fingerprint density at radius 1 is 0.969 bits per heavy atom. The van der Waals surface area contributed by atoms with Crippen LogP contribution < -0.4 is 10.0 Å². The third kappa shape index (κ3) is 4.16. The number of nitrogens with two attached hydrogens (primary N) is 1. The molecule has 0 spiro atoms. The summed E-state index contributed by atoms with van der Waals surface area (Å²) in [4.78, 5) is 26.3. The van der Waals surface area contributed by atoms with Crippen LogP contribution >= 0.6 is 23.2 Å². The average molecular weight is 518 g/mol. The highest BCUT2D eigenvalue weighted by atomic mass is 35.5. The summed E-state index contributed by atoms with van der Waals surface area (Å²) < 4.78 is 50.8. The summed E-state index contributed by atoms with van der Waals surface area (Å²) >= 11 is 12.1. The maximum Gasteiger partial charge on any atom is 0.252 e. The number of benzene rings is 2. The standard InChI is InChI=1S/C19H17Cl2N3O6S2/c20-11-1-8-15(21)17(9-11)32(29,30)24(13-2-3-13)16-10-18(25)23(19(16)26)12-4-6-14(7-5-12)31(22,27)28/h1,4-9,13,16H,2-3,10H2,(H2,22,27,28). The number of carbonyl (C=O) groups excluding carboxylic acids is 2. The Bertz CT molecular complexity index is 1330.